The molecule has 19 heavy (non-hydrogen) atoms. The molecule has 0 saturated carbocycles. The molecule has 106 valence electrons. The Morgan fingerprint density at radius 3 is 2.58 bits per heavy atom. The number of nitrogens with one attached hydrogen (secondary N) is 1. The average molecular weight is 326 g/mol. The Labute approximate surface area is 125 Å². The van der Waals surface area contributed by atoms with E-state index in [0.717, 1.165) is 31.2 Å². The zero-order valence-corrected chi connectivity index (χ0v) is 13.7. The zero-order valence-electron chi connectivity index (χ0n) is 12.1. The van der Waals surface area contributed by atoms with Crippen molar-refractivity contribution in [1.82, 2.24) is 5.32 Å². The molecule has 1 aliphatic heterocycles. The molecule has 0 aliphatic carbocycles. The number of ether oxygens (including phenoxy) is 1. The molecule has 0 radical (unpaired) electrons. The van der Waals surface area contributed by atoms with Crippen LogP contribution in [-0.4, -0.2) is 20.2 Å². The summed E-state index contributed by atoms with van der Waals surface area (Å²) in [6.45, 7) is 6.73. The van der Waals surface area contributed by atoms with Crippen molar-refractivity contribution < 1.29 is 4.74 Å². The monoisotopic (exact) mass is 325 g/mol. The number of piperidine rings is 1. The molecule has 0 atom stereocenters. The summed E-state index contributed by atoms with van der Waals surface area (Å²) in [4.78, 5) is 0. The Hall–Kier alpha value is -0.540. The van der Waals surface area contributed by atoms with Crippen molar-refractivity contribution in [2.75, 3.05) is 20.2 Å². The van der Waals surface area contributed by atoms with E-state index in [1.807, 2.05) is 0 Å². The number of hydrogen-bond donors (Lipinski definition) is 1. The maximum absolute atomic E-state index is 5.57. The van der Waals surface area contributed by atoms with Gasteiger partial charge in [0, 0.05) is 10.0 Å². The van der Waals surface area contributed by atoms with E-state index in [1.54, 1.807) is 7.11 Å². The van der Waals surface area contributed by atoms with Gasteiger partial charge < -0.3 is 10.1 Å². The quantitative estimate of drug-likeness (QED) is 0.898. The fourth-order valence-electron chi connectivity index (χ4n) is 2.91. The van der Waals surface area contributed by atoms with E-state index in [2.05, 4.69) is 47.2 Å². The van der Waals surface area contributed by atoms with E-state index in [1.165, 1.54) is 28.4 Å². The van der Waals surface area contributed by atoms with Crippen LogP contribution in [0.25, 0.3) is 0 Å². The van der Waals surface area contributed by atoms with Crippen molar-refractivity contribution in [3.05, 3.63) is 27.7 Å². The van der Waals surface area contributed by atoms with Gasteiger partial charge in [0.15, 0.2) is 0 Å². The summed E-state index contributed by atoms with van der Waals surface area (Å²) in [6, 6.07) is 4.50. The minimum absolute atomic E-state index is 0.470. The highest BCUT2D eigenvalue weighted by Crippen LogP contribution is 2.35. The lowest BCUT2D eigenvalue weighted by atomic mass is 9.90. The highest BCUT2D eigenvalue weighted by atomic mass is 79.9. The number of hydrogen-bond acceptors (Lipinski definition) is 2. The fourth-order valence-corrected chi connectivity index (χ4v) is 3.86. The van der Waals surface area contributed by atoms with Crippen molar-refractivity contribution in [3.63, 3.8) is 0 Å². The van der Waals surface area contributed by atoms with E-state index < -0.39 is 0 Å². The number of halogens is 1. The average Bonchev–Trinajstić information content (AvgIpc) is 2.38. The van der Waals surface area contributed by atoms with Gasteiger partial charge in [0.2, 0.25) is 0 Å². The Morgan fingerprint density at radius 1 is 1.32 bits per heavy atom. The number of benzene rings is 1. The van der Waals surface area contributed by atoms with E-state index in [-0.39, 0.29) is 0 Å². The van der Waals surface area contributed by atoms with Crippen LogP contribution in [0.3, 0.4) is 0 Å². The highest BCUT2D eigenvalue weighted by Gasteiger charge is 2.17. The first-order valence-corrected chi connectivity index (χ1v) is 7.98. The third-order valence-electron chi connectivity index (χ3n) is 3.93. The minimum atomic E-state index is 0.470. The Bertz CT molecular complexity index is 425. The first kappa shape index (κ1) is 14.9. The number of rotatable bonds is 4. The van der Waals surface area contributed by atoms with Gasteiger partial charge in [-0.3, -0.25) is 0 Å². The summed E-state index contributed by atoms with van der Waals surface area (Å²) in [5.74, 6) is 2.30. The standard InChI is InChI=1S/C16H24BrNO/c1-11(2)16-14(17)9-13(10-15(16)19-3)8-12-4-6-18-7-5-12/h9-12,18H,4-8H2,1-3H3. The van der Waals surface area contributed by atoms with Gasteiger partial charge in [0.1, 0.15) is 5.75 Å². The fraction of sp³-hybridized carbons (Fsp3) is 0.625. The van der Waals surface area contributed by atoms with Crippen LogP contribution in [0.2, 0.25) is 0 Å². The molecule has 1 aliphatic rings. The van der Waals surface area contributed by atoms with Crippen LogP contribution < -0.4 is 10.1 Å². The Morgan fingerprint density at radius 2 is 2.00 bits per heavy atom. The molecule has 0 bridgehead atoms. The lowest BCUT2D eigenvalue weighted by molar-refractivity contribution is 0.371. The van der Waals surface area contributed by atoms with Crippen LogP contribution in [0.4, 0.5) is 0 Å². The molecule has 0 aromatic heterocycles. The van der Waals surface area contributed by atoms with E-state index in [4.69, 9.17) is 4.74 Å². The molecule has 1 heterocycles. The summed E-state index contributed by atoms with van der Waals surface area (Å²) in [6.07, 6.45) is 3.73. The van der Waals surface area contributed by atoms with Crippen molar-refractivity contribution >= 4 is 15.9 Å². The van der Waals surface area contributed by atoms with Gasteiger partial charge in [0.25, 0.3) is 0 Å². The van der Waals surface area contributed by atoms with Crippen LogP contribution >= 0.6 is 15.9 Å². The van der Waals surface area contributed by atoms with E-state index in [9.17, 15) is 0 Å². The third kappa shape index (κ3) is 3.73. The third-order valence-corrected chi connectivity index (χ3v) is 4.59. The van der Waals surface area contributed by atoms with Gasteiger partial charge in [-0.05, 0) is 61.9 Å². The van der Waals surface area contributed by atoms with Crippen molar-refractivity contribution in [1.29, 1.82) is 0 Å². The maximum Gasteiger partial charge on any atom is 0.123 e. The second-order valence-electron chi connectivity index (χ2n) is 5.75. The van der Waals surface area contributed by atoms with Gasteiger partial charge >= 0.3 is 0 Å². The highest BCUT2D eigenvalue weighted by molar-refractivity contribution is 9.10. The van der Waals surface area contributed by atoms with Crippen LogP contribution in [0.15, 0.2) is 16.6 Å². The Kier molecular flexibility index (Phi) is 5.28. The van der Waals surface area contributed by atoms with Gasteiger partial charge in [-0.25, -0.2) is 0 Å². The molecular weight excluding hydrogens is 302 g/mol. The SMILES string of the molecule is COc1cc(CC2CCNCC2)cc(Br)c1C(C)C. The van der Waals surface area contributed by atoms with Gasteiger partial charge in [-0.2, -0.15) is 0 Å². The lowest BCUT2D eigenvalue weighted by Crippen LogP contribution is -2.28. The number of methoxy groups -OCH3 is 1. The molecule has 2 rings (SSSR count). The van der Waals surface area contributed by atoms with Crippen LogP contribution in [-0.2, 0) is 6.42 Å². The largest absolute Gasteiger partial charge is 0.496 e. The molecular formula is C16H24BrNO. The minimum Gasteiger partial charge on any atom is -0.496 e. The molecule has 3 heteroatoms. The normalized spacial score (nSPS) is 16.9. The van der Waals surface area contributed by atoms with Crippen LogP contribution in [0.1, 0.15) is 43.7 Å². The van der Waals surface area contributed by atoms with Gasteiger partial charge in [-0.1, -0.05) is 29.8 Å². The van der Waals surface area contributed by atoms with E-state index in [0.29, 0.717) is 5.92 Å². The Balaban J connectivity index is 2.19. The van der Waals surface area contributed by atoms with Crippen molar-refractivity contribution in [3.8, 4) is 5.75 Å². The van der Waals surface area contributed by atoms with Gasteiger partial charge in [-0.15, -0.1) is 0 Å². The van der Waals surface area contributed by atoms with Crippen LogP contribution in [0.5, 0.6) is 5.75 Å². The molecule has 1 N–H and O–H groups in total. The summed E-state index contributed by atoms with van der Waals surface area (Å²) in [5.41, 5.74) is 2.66. The van der Waals surface area contributed by atoms with E-state index >= 15 is 0 Å². The topological polar surface area (TPSA) is 21.3 Å². The summed E-state index contributed by atoms with van der Waals surface area (Å²) >= 11 is 3.71. The summed E-state index contributed by atoms with van der Waals surface area (Å²) in [5, 5.41) is 3.42. The van der Waals surface area contributed by atoms with Crippen LogP contribution in [0, 0.1) is 5.92 Å². The predicted octanol–water partition coefficient (Wildman–Crippen LogP) is 4.12. The second kappa shape index (κ2) is 6.76. The second-order valence-corrected chi connectivity index (χ2v) is 6.60. The summed E-state index contributed by atoms with van der Waals surface area (Å²) in [7, 11) is 1.77. The first-order chi connectivity index (χ1) is 9.11. The molecule has 2 nitrogen and oxygen atoms in total. The van der Waals surface area contributed by atoms with Crippen molar-refractivity contribution in [2.45, 2.75) is 39.0 Å². The molecule has 0 unspecified atom stereocenters. The molecule has 0 spiro atoms. The summed E-state index contributed by atoms with van der Waals surface area (Å²) < 4.78 is 6.76. The molecule has 0 amide bonds. The smallest absolute Gasteiger partial charge is 0.123 e. The molecule has 1 aromatic carbocycles. The maximum atomic E-state index is 5.57. The zero-order chi connectivity index (χ0) is 13.8. The molecule has 1 fully saturated rings. The molecule has 1 saturated heterocycles. The predicted molar refractivity (Wildman–Crippen MR) is 84.1 cm³/mol. The first-order valence-electron chi connectivity index (χ1n) is 7.18. The van der Waals surface area contributed by atoms with Gasteiger partial charge in [0.05, 0.1) is 7.11 Å². The van der Waals surface area contributed by atoms with Crippen molar-refractivity contribution in [2.24, 2.45) is 5.92 Å². The molecule has 1 aromatic rings. The lowest BCUT2D eigenvalue weighted by Gasteiger charge is -2.23.